The Labute approximate surface area is 60.2 Å². The number of aliphatic hydroxyl groups is 1. The molecule has 1 atom stereocenters. The van der Waals surface area contributed by atoms with E-state index in [4.69, 9.17) is 9.84 Å². The highest BCUT2D eigenvalue weighted by molar-refractivity contribution is 5.66. The Hall–Kier alpha value is -0.770. The van der Waals surface area contributed by atoms with Gasteiger partial charge in [0.15, 0.2) is 0 Å². The van der Waals surface area contributed by atoms with Gasteiger partial charge < -0.3 is 15.2 Å². The third-order valence-corrected chi connectivity index (χ3v) is 1.05. The van der Waals surface area contributed by atoms with Crippen molar-refractivity contribution in [1.82, 2.24) is 5.32 Å². The monoisotopic (exact) mass is 147 g/mol. The van der Waals surface area contributed by atoms with E-state index < -0.39 is 6.09 Å². The summed E-state index contributed by atoms with van der Waals surface area (Å²) in [5, 5.41) is 10.7. The molecule has 4 heteroatoms. The van der Waals surface area contributed by atoms with E-state index in [-0.39, 0.29) is 12.7 Å². The first-order chi connectivity index (χ1) is 4.70. The second-order valence-electron chi connectivity index (χ2n) is 1.98. The van der Waals surface area contributed by atoms with E-state index in [1.54, 1.807) is 6.92 Å². The molecule has 0 heterocycles. The van der Waals surface area contributed by atoms with Crippen LogP contribution in [0.1, 0.15) is 13.3 Å². The third-order valence-electron chi connectivity index (χ3n) is 1.05. The molecule has 0 radical (unpaired) electrons. The van der Waals surface area contributed by atoms with E-state index in [0.717, 1.165) is 0 Å². The molecule has 60 valence electrons. The Bertz CT molecular complexity index is 105. The van der Waals surface area contributed by atoms with Crippen LogP contribution in [0.3, 0.4) is 0 Å². The highest BCUT2D eigenvalue weighted by Gasteiger charge is 2.05. The van der Waals surface area contributed by atoms with Gasteiger partial charge in [-0.25, -0.2) is 4.79 Å². The maximum absolute atomic E-state index is 10.5. The van der Waals surface area contributed by atoms with Crippen molar-refractivity contribution in [3.8, 4) is 0 Å². The number of alkyl carbamates (subject to hydrolysis) is 1. The van der Waals surface area contributed by atoms with Crippen LogP contribution in [0.5, 0.6) is 0 Å². The molecule has 4 nitrogen and oxygen atoms in total. The molecule has 0 rings (SSSR count). The average molecular weight is 147 g/mol. The van der Waals surface area contributed by atoms with E-state index in [9.17, 15) is 4.79 Å². The zero-order valence-electron chi connectivity index (χ0n) is 6.26. The van der Waals surface area contributed by atoms with E-state index >= 15 is 0 Å². The lowest BCUT2D eigenvalue weighted by Crippen LogP contribution is -2.24. The molecule has 1 unspecified atom stereocenters. The minimum absolute atomic E-state index is 0.0398. The normalized spacial score (nSPS) is 12.3. The Morgan fingerprint density at radius 2 is 2.40 bits per heavy atom. The molecule has 0 fully saturated rings. The van der Waals surface area contributed by atoms with Crippen molar-refractivity contribution < 1.29 is 14.6 Å². The SMILES string of the molecule is CNC(=O)OC(C)CCO. The molecule has 2 N–H and O–H groups in total. The maximum Gasteiger partial charge on any atom is 0.407 e. The Morgan fingerprint density at radius 3 is 2.80 bits per heavy atom. The van der Waals surface area contributed by atoms with Crippen LogP contribution in [0, 0.1) is 0 Å². The van der Waals surface area contributed by atoms with Crippen molar-refractivity contribution in [3.05, 3.63) is 0 Å². The number of carbonyl (C=O) groups excluding carboxylic acids is 1. The molecule has 0 aliphatic heterocycles. The molecular weight excluding hydrogens is 134 g/mol. The summed E-state index contributed by atoms with van der Waals surface area (Å²) >= 11 is 0. The number of amides is 1. The fourth-order valence-corrected chi connectivity index (χ4v) is 0.482. The largest absolute Gasteiger partial charge is 0.446 e. The minimum atomic E-state index is -0.457. The van der Waals surface area contributed by atoms with Gasteiger partial charge in [0.05, 0.1) is 0 Å². The summed E-state index contributed by atoms with van der Waals surface area (Å²) in [5.74, 6) is 0. The fraction of sp³-hybridized carbons (Fsp3) is 0.833. The van der Waals surface area contributed by atoms with Gasteiger partial charge in [0.2, 0.25) is 0 Å². The van der Waals surface area contributed by atoms with Crippen LogP contribution in [0.25, 0.3) is 0 Å². The van der Waals surface area contributed by atoms with Crippen LogP contribution >= 0.6 is 0 Å². The van der Waals surface area contributed by atoms with Crippen LogP contribution in [-0.2, 0) is 4.74 Å². The van der Waals surface area contributed by atoms with Crippen molar-refractivity contribution >= 4 is 6.09 Å². The number of ether oxygens (including phenoxy) is 1. The number of aliphatic hydroxyl groups excluding tert-OH is 1. The lowest BCUT2D eigenvalue weighted by Gasteiger charge is -2.10. The van der Waals surface area contributed by atoms with Gasteiger partial charge in [-0.3, -0.25) is 0 Å². The zero-order valence-corrected chi connectivity index (χ0v) is 6.26. The lowest BCUT2D eigenvalue weighted by atomic mass is 10.3. The summed E-state index contributed by atoms with van der Waals surface area (Å²) in [5.41, 5.74) is 0. The summed E-state index contributed by atoms with van der Waals surface area (Å²) in [7, 11) is 1.49. The minimum Gasteiger partial charge on any atom is -0.446 e. The van der Waals surface area contributed by atoms with Crippen LogP contribution in [0.2, 0.25) is 0 Å². The van der Waals surface area contributed by atoms with Gasteiger partial charge >= 0.3 is 6.09 Å². The van der Waals surface area contributed by atoms with Gasteiger partial charge in [-0.15, -0.1) is 0 Å². The standard InChI is InChI=1S/C6H13NO3/c1-5(3-4-8)10-6(9)7-2/h5,8H,3-4H2,1-2H3,(H,7,9). The summed E-state index contributed by atoms with van der Waals surface area (Å²) in [6.07, 6.45) is -0.196. The van der Waals surface area contributed by atoms with Crippen molar-refractivity contribution in [1.29, 1.82) is 0 Å². The fourth-order valence-electron chi connectivity index (χ4n) is 0.482. The molecule has 1 amide bonds. The van der Waals surface area contributed by atoms with Crippen LogP contribution in [0.4, 0.5) is 4.79 Å². The molecule has 0 aromatic rings. The van der Waals surface area contributed by atoms with E-state index in [2.05, 4.69) is 5.32 Å². The molecule has 0 aromatic carbocycles. The predicted octanol–water partition coefficient (Wildman–Crippen LogP) is 0.113. The molecular formula is C6H13NO3. The first-order valence-corrected chi connectivity index (χ1v) is 3.20. The Morgan fingerprint density at radius 1 is 1.80 bits per heavy atom. The van der Waals surface area contributed by atoms with E-state index in [1.807, 2.05) is 0 Å². The highest BCUT2D eigenvalue weighted by atomic mass is 16.6. The first kappa shape index (κ1) is 9.23. The number of rotatable bonds is 3. The van der Waals surface area contributed by atoms with Gasteiger partial charge in [-0.05, 0) is 6.92 Å². The molecule has 0 aliphatic carbocycles. The summed E-state index contributed by atoms with van der Waals surface area (Å²) in [6, 6.07) is 0. The number of hydrogen-bond donors (Lipinski definition) is 2. The van der Waals surface area contributed by atoms with Gasteiger partial charge in [0, 0.05) is 20.1 Å². The summed E-state index contributed by atoms with van der Waals surface area (Å²) < 4.78 is 4.73. The topological polar surface area (TPSA) is 58.6 Å². The average Bonchev–Trinajstić information content (AvgIpc) is 1.88. The number of nitrogens with one attached hydrogen (secondary N) is 1. The molecule has 0 spiro atoms. The molecule has 0 bridgehead atoms. The van der Waals surface area contributed by atoms with E-state index in [0.29, 0.717) is 6.42 Å². The molecule has 0 saturated heterocycles. The lowest BCUT2D eigenvalue weighted by molar-refractivity contribution is 0.0919. The third kappa shape index (κ3) is 4.14. The Balaban J connectivity index is 3.37. The van der Waals surface area contributed by atoms with Crippen LogP contribution in [-0.4, -0.2) is 31.0 Å². The van der Waals surface area contributed by atoms with E-state index in [1.165, 1.54) is 7.05 Å². The number of hydrogen-bond acceptors (Lipinski definition) is 3. The van der Waals surface area contributed by atoms with Crippen molar-refractivity contribution in [2.24, 2.45) is 0 Å². The molecule has 10 heavy (non-hydrogen) atoms. The summed E-state index contributed by atoms with van der Waals surface area (Å²) in [4.78, 5) is 10.5. The smallest absolute Gasteiger partial charge is 0.407 e. The second kappa shape index (κ2) is 5.05. The van der Waals surface area contributed by atoms with Gasteiger partial charge in [0.1, 0.15) is 6.10 Å². The van der Waals surface area contributed by atoms with Crippen molar-refractivity contribution in [2.45, 2.75) is 19.4 Å². The zero-order chi connectivity index (χ0) is 7.98. The highest BCUT2D eigenvalue weighted by Crippen LogP contribution is 1.95. The molecule has 0 aliphatic rings. The van der Waals surface area contributed by atoms with Gasteiger partial charge in [-0.1, -0.05) is 0 Å². The number of carbonyl (C=O) groups is 1. The molecule has 0 aromatic heterocycles. The predicted molar refractivity (Wildman–Crippen MR) is 36.7 cm³/mol. The summed E-state index contributed by atoms with van der Waals surface area (Å²) in [6.45, 7) is 1.77. The second-order valence-corrected chi connectivity index (χ2v) is 1.98. The quantitative estimate of drug-likeness (QED) is 0.595. The van der Waals surface area contributed by atoms with Gasteiger partial charge in [0.25, 0.3) is 0 Å². The van der Waals surface area contributed by atoms with Crippen molar-refractivity contribution in [3.63, 3.8) is 0 Å². The molecule has 0 saturated carbocycles. The maximum atomic E-state index is 10.5. The van der Waals surface area contributed by atoms with Crippen LogP contribution < -0.4 is 5.32 Å². The Kier molecular flexibility index (Phi) is 4.66. The van der Waals surface area contributed by atoms with Crippen molar-refractivity contribution in [2.75, 3.05) is 13.7 Å². The first-order valence-electron chi connectivity index (χ1n) is 3.20. The van der Waals surface area contributed by atoms with Crippen LogP contribution in [0.15, 0.2) is 0 Å². The van der Waals surface area contributed by atoms with Gasteiger partial charge in [-0.2, -0.15) is 0 Å².